The lowest BCUT2D eigenvalue weighted by Gasteiger charge is -2.38. The van der Waals surface area contributed by atoms with Crippen LogP contribution in [0.2, 0.25) is 0 Å². The van der Waals surface area contributed by atoms with E-state index in [1.54, 1.807) is 23.4 Å². The summed E-state index contributed by atoms with van der Waals surface area (Å²) in [6, 6.07) is 18.1. The van der Waals surface area contributed by atoms with Gasteiger partial charge in [0.05, 0.1) is 42.9 Å². The molecule has 10 heteroatoms. The number of nitrogens with zero attached hydrogens (tertiary/aromatic N) is 8. The minimum Gasteiger partial charge on any atom is -0.372 e. The number of aryl methyl sites for hydroxylation is 1. The second kappa shape index (κ2) is 14.1. The maximum atomic E-state index is 8.54. The van der Waals surface area contributed by atoms with Gasteiger partial charge in [-0.25, -0.2) is 4.68 Å². The summed E-state index contributed by atoms with van der Waals surface area (Å²) in [5, 5.41) is 21.9. The van der Waals surface area contributed by atoms with Gasteiger partial charge in [-0.1, -0.05) is 38.3 Å². The highest BCUT2D eigenvalue weighted by Gasteiger charge is 2.47. The minimum atomic E-state index is -0.111. The van der Waals surface area contributed by atoms with Crippen LogP contribution in [0.25, 0.3) is 5.69 Å². The average molecular weight is 638 g/mol. The lowest BCUT2D eigenvalue weighted by Crippen LogP contribution is -2.46. The van der Waals surface area contributed by atoms with Crippen LogP contribution >= 0.6 is 0 Å². The number of benzene rings is 2. The Kier molecular flexibility index (Phi) is 9.47. The Hall–Kier alpha value is -3.92. The molecular formula is C37H51N9O. The fourth-order valence-corrected chi connectivity index (χ4v) is 8.10. The zero-order valence-corrected chi connectivity index (χ0v) is 28.2. The molecule has 1 saturated carbocycles. The maximum Gasteiger partial charge on any atom is 0.224 e. The first kappa shape index (κ1) is 31.7. The number of ether oxygens (including phenoxy) is 1. The summed E-state index contributed by atoms with van der Waals surface area (Å²) in [5.41, 5.74) is 5.24. The predicted octanol–water partition coefficient (Wildman–Crippen LogP) is 6.03. The van der Waals surface area contributed by atoms with Crippen LogP contribution in [0.5, 0.6) is 0 Å². The second-order valence-corrected chi connectivity index (χ2v) is 14.1. The van der Waals surface area contributed by atoms with E-state index in [9.17, 15) is 0 Å². The van der Waals surface area contributed by atoms with Crippen LogP contribution in [0.4, 0.5) is 11.4 Å². The minimum absolute atomic E-state index is 0.111. The Labute approximate surface area is 278 Å². The molecule has 1 aliphatic carbocycles. The molecule has 0 amide bonds. The molecule has 2 saturated heterocycles. The van der Waals surface area contributed by atoms with Crippen LogP contribution in [0.15, 0.2) is 67.3 Å². The highest BCUT2D eigenvalue weighted by atomic mass is 16.5. The zero-order valence-electron chi connectivity index (χ0n) is 28.2. The molecule has 47 heavy (non-hydrogen) atoms. The van der Waals surface area contributed by atoms with E-state index in [-0.39, 0.29) is 11.6 Å². The quantitative estimate of drug-likeness (QED) is 0.216. The Bertz CT molecular complexity index is 1610. The van der Waals surface area contributed by atoms with Crippen molar-refractivity contribution in [3.8, 4) is 5.69 Å². The number of nitrogens with one attached hydrogen (secondary N) is 1. The van der Waals surface area contributed by atoms with Gasteiger partial charge in [-0.3, -0.25) is 9.98 Å². The van der Waals surface area contributed by atoms with E-state index in [1.807, 2.05) is 9.36 Å². The van der Waals surface area contributed by atoms with Gasteiger partial charge in [-0.2, -0.15) is 20.1 Å². The topological polar surface area (TPSA) is 93.0 Å². The summed E-state index contributed by atoms with van der Waals surface area (Å²) in [7, 11) is 0. The van der Waals surface area contributed by atoms with Crippen molar-refractivity contribution in [3.63, 3.8) is 0 Å². The smallest absolute Gasteiger partial charge is 0.224 e. The summed E-state index contributed by atoms with van der Waals surface area (Å²) in [6.45, 7) is 9.84. The van der Waals surface area contributed by atoms with E-state index in [4.69, 9.17) is 10.1 Å². The van der Waals surface area contributed by atoms with Crippen molar-refractivity contribution < 1.29 is 4.74 Å². The molecule has 1 N–H and O–H groups in total. The van der Waals surface area contributed by atoms with E-state index >= 15 is 0 Å². The van der Waals surface area contributed by atoms with Crippen LogP contribution in [-0.4, -0.2) is 67.7 Å². The van der Waals surface area contributed by atoms with Crippen LogP contribution in [0, 0.1) is 17.2 Å². The third kappa shape index (κ3) is 6.89. The Morgan fingerprint density at radius 2 is 1.47 bits per heavy atom. The molecule has 2 aromatic heterocycles. The number of anilines is 2. The maximum absolute atomic E-state index is 8.54. The van der Waals surface area contributed by atoms with Crippen molar-refractivity contribution >= 4 is 11.4 Å². The van der Waals surface area contributed by atoms with E-state index in [2.05, 4.69) is 87.5 Å². The second-order valence-electron chi connectivity index (χ2n) is 14.1. The van der Waals surface area contributed by atoms with Gasteiger partial charge in [0.15, 0.2) is 0 Å². The molecule has 3 fully saturated rings. The van der Waals surface area contributed by atoms with E-state index in [1.165, 1.54) is 55.5 Å². The molecule has 2 aromatic carbocycles. The molecular weight excluding hydrogens is 586 g/mol. The van der Waals surface area contributed by atoms with Gasteiger partial charge in [0.2, 0.25) is 5.62 Å². The molecule has 3 unspecified atom stereocenters. The van der Waals surface area contributed by atoms with Gasteiger partial charge in [0.25, 0.3) is 0 Å². The largest absolute Gasteiger partial charge is 0.372 e. The predicted molar refractivity (Wildman–Crippen MR) is 185 cm³/mol. The number of rotatable bonds is 11. The molecule has 3 atom stereocenters. The Morgan fingerprint density at radius 3 is 2.11 bits per heavy atom. The van der Waals surface area contributed by atoms with Gasteiger partial charge >= 0.3 is 0 Å². The third-order valence-electron chi connectivity index (χ3n) is 11.1. The number of piperazine rings is 1. The van der Waals surface area contributed by atoms with Gasteiger partial charge in [-0.15, -0.1) is 0 Å². The van der Waals surface area contributed by atoms with Gasteiger partial charge in [-0.05, 0) is 99.2 Å². The molecule has 7 rings (SSSR count). The third-order valence-corrected chi connectivity index (χ3v) is 11.1. The standard InChI is InChI=1S/C37H51N9O/c1-3-29(2)46-36(38)44(28-41-46)35-17-15-34(16-18-35)43-23-21-42(22-24-43)33-13-11-30(12-14-33)9-10-31-25-37(47-26-31,27-45-39-19-20-40-45)32-7-5-4-6-8-32/h11-20,28-29,31-32,38H,3-10,21-27H2,1-2H3. The lowest BCUT2D eigenvalue weighted by atomic mass is 9.73. The highest BCUT2D eigenvalue weighted by molar-refractivity contribution is 5.54. The average Bonchev–Trinajstić information content (AvgIpc) is 3.89. The van der Waals surface area contributed by atoms with E-state index in [0.717, 1.165) is 64.3 Å². The summed E-state index contributed by atoms with van der Waals surface area (Å²) in [4.78, 5) is 6.82. The van der Waals surface area contributed by atoms with Gasteiger partial charge in [0.1, 0.15) is 6.33 Å². The summed E-state index contributed by atoms with van der Waals surface area (Å²) < 4.78 is 10.4. The molecule has 2 aliphatic heterocycles. The SMILES string of the molecule is CCC(C)n1ncn(-c2ccc(N3CCN(c4ccc(CCC5COC(Cn6nccn6)(C6CCCCC6)C5)cc4)CC3)cc2)c1=N. The van der Waals surface area contributed by atoms with Crippen LogP contribution in [0.1, 0.15) is 76.8 Å². The zero-order chi connectivity index (χ0) is 32.2. The normalized spacial score (nSPS) is 23.0. The van der Waals surface area contributed by atoms with E-state index < -0.39 is 0 Å². The first-order valence-electron chi connectivity index (χ1n) is 17.9. The fourth-order valence-electron chi connectivity index (χ4n) is 8.10. The number of hydrogen-bond donors (Lipinski definition) is 1. The van der Waals surface area contributed by atoms with Crippen LogP contribution < -0.4 is 15.4 Å². The summed E-state index contributed by atoms with van der Waals surface area (Å²) in [5.74, 6) is 1.21. The first-order valence-corrected chi connectivity index (χ1v) is 17.9. The van der Waals surface area contributed by atoms with Crippen molar-refractivity contribution in [1.82, 2.24) is 29.3 Å². The Morgan fingerprint density at radius 1 is 0.851 bits per heavy atom. The van der Waals surface area contributed by atoms with Gasteiger partial charge < -0.3 is 14.5 Å². The summed E-state index contributed by atoms with van der Waals surface area (Å²) in [6.07, 6.45) is 16.2. The Balaban J connectivity index is 0.902. The fraction of sp³-hybridized carbons (Fsp3) is 0.568. The van der Waals surface area contributed by atoms with Crippen molar-refractivity contribution in [2.75, 3.05) is 42.6 Å². The monoisotopic (exact) mass is 637 g/mol. The molecule has 0 radical (unpaired) electrons. The van der Waals surface area contributed by atoms with Crippen LogP contribution in [0.3, 0.4) is 0 Å². The molecule has 0 bridgehead atoms. The number of aromatic nitrogens is 6. The number of hydrogen-bond acceptors (Lipinski definition) is 7. The summed E-state index contributed by atoms with van der Waals surface area (Å²) >= 11 is 0. The molecule has 3 aliphatic rings. The van der Waals surface area contributed by atoms with Crippen molar-refractivity contribution in [2.45, 2.75) is 89.8 Å². The first-order chi connectivity index (χ1) is 23.0. The van der Waals surface area contributed by atoms with Crippen molar-refractivity contribution in [1.29, 1.82) is 5.41 Å². The van der Waals surface area contributed by atoms with Crippen LogP contribution in [-0.2, 0) is 17.7 Å². The lowest BCUT2D eigenvalue weighted by molar-refractivity contribution is -0.0722. The van der Waals surface area contributed by atoms with E-state index in [0.29, 0.717) is 17.5 Å². The van der Waals surface area contributed by atoms with Gasteiger partial charge in [0, 0.05) is 37.6 Å². The molecule has 0 spiro atoms. The van der Waals surface area contributed by atoms with Crippen molar-refractivity contribution in [2.24, 2.45) is 11.8 Å². The highest BCUT2D eigenvalue weighted by Crippen LogP contribution is 2.45. The molecule has 4 aromatic rings. The van der Waals surface area contributed by atoms with Crippen molar-refractivity contribution in [3.05, 3.63) is 78.4 Å². The molecule has 4 heterocycles. The molecule has 250 valence electrons. The molecule has 10 nitrogen and oxygen atoms in total.